The Morgan fingerprint density at radius 1 is 0.968 bits per heavy atom. The smallest absolute Gasteiger partial charge is 0.234 e. The summed E-state index contributed by atoms with van der Waals surface area (Å²) in [4.78, 5) is 12.6. The summed E-state index contributed by atoms with van der Waals surface area (Å²) in [6.45, 7) is 3.99. The van der Waals surface area contributed by atoms with Gasteiger partial charge in [0.05, 0.1) is 5.75 Å². The highest BCUT2D eigenvalue weighted by molar-refractivity contribution is 7.99. The quantitative estimate of drug-likeness (QED) is 0.413. The lowest BCUT2D eigenvalue weighted by atomic mass is 10.1. The number of hydrogen-bond donors (Lipinski definition) is 1. The SMILES string of the molecule is Cc1cccc(NC(=O)CSc2nnc(-c3ccccc3)n2-c2ccc(F)cc2)c1C. The number of aryl methyl sites for hydroxylation is 1. The van der Waals surface area contributed by atoms with E-state index in [0.717, 1.165) is 28.1 Å². The zero-order valence-electron chi connectivity index (χ0n) is 17.2. The summed E-state index contributed by atoms with van der Waals surface area (Å²) in [7, 11) is 0. The van der Waals surface area contributed by atoms with Gasteiger partial charge in [0.25, 0.3) is 0 Å². The number of aromatic nitrogens is 3. The fourth-order valence-corrected chi connectivity index (χ4v) is 3.92. The molecule has 1 aromatic heterocycles. The minimum Gasteiger partial charge on any atom is -0.325 e. The van der Waals surface area contributed by atoms with Crippen LogP contribution in [0.2, 0.25) is 0 Å². The van der Waals surface area contributed by atoms with Crippen LogP contribution in [0.1, 0.15) is 11.1 Å². The van der Waals surface area contributed by atoms with Crippen molar-refractivity contribution in [1.82, 2.24) is 14.8 Å². The van der Waals surface area contributed by atoms with Gasteiger partial charge >= 0.3 is 0 Å². The van der Waals surface area contributed by atoms with Gasteiger partial charge in [0.2, 0.25) is 5.91 Å². The summed E-state index contributed by atoms with van der Waals surface area (Å²) in [6, 6.07) is 21.6. The van der Waals surface area contributed by atoms with E-state index >= 15 is 0 Å². The molecule has 0 saturated carbocycles. The predicted molar refractivity (Wildman–Crippen MR) is 122 cm³/mol. The molecule has 3 aromatic carbocycles. The third-order valence-electron chi connectivity index (χ3n) is 4.96. The van der Waals surface area contributed by atoms with E-state index in [-0.39, 0.29) is 17.5 Å². The number of anilines is 1. The van der Waals surface area contributed by atoms with Gasteiger partial charge in [-0.3, -0.25) is 9.36 Å². The molecule has 31 heavy (non-hydrogen) atoms. The van der Waals surface area contributed by atoms with Gasteiger partial charge in [-0.15, -0.1) is 10.2 Å². The first-order valence-electron chi connectivity index (χ1n) is 9.78. The largest absolute Gasteiger partial charge is 0.325 e. The van der Waals surface area contributed by atoms with Crippen LogP contribution in [0.25, 0.3) is 17.1 Å². The molecular weight excluding hydrogens is 411 g/mol. The molecule has 156 valence electrons. The van der Waals surface area contributed by atoms with Crippen LogP contribution in [-0.2, 0) is 4.79 Å². The van der Waals surface area contributed by atoms with Crippen molar-refractivity contribution in [2.45, 2.75) is 19.0 Å². The van der Waals surface area contributed by atoms with Crippen LogP contribution in [0.15, 0.2) is 78.0 Å². The summed E-state index contributed by atoms with van der Waals surface area (Å²) in [5.74, 6) is 0.347. The number of benzene rings is 3. The normalized spacial score (nSPS) is 10.8. The van der Waals surface area contributed by atoms with Crippen molar-refractivity contribution in [2.75, 3.05) is 11.1 Å². The van der Waals surface area contributed by atoms with Crippen molar-refractivity contribution >= 4 is 23.4 Å². The van der Waals surface area contributed by atoms with Crippen LogP contribution in [-0.4, -0.2) is 26.4 Å². The Morgan fingerprint density at radius 3 is 2.45 bits per heavy atom. The number of halogens is 1. The fraction of sp³-hybridized carbons (Fsp3) is 0.125. The Balaban J connectivity index is 1.59. The van der Waals surface area contributed by atoms with Gasteiger partial charge in [-0.05, 0) is 55.3 Å². The Kier molecular flexibility index (Phi) is 6.13. The maximum Gasteiger partial charge on any atom is 0.234 e. The molecule has 0 fully saturated rings. The molecule has 4 aromatic rings. The van der Waals surface area contributed by atoms with Gasteiger partial charge in [-0.1, -0.05) is 54.2 Å². The molecule has 0 unspecified atom stereocenters. The molecule has 1 amide bonds. The molecule has 0 saturated heterocycles. The topological polar surface area (TPSA) is 59.8 Å². The monoisotopic (exact) mass is 432 g/mol. The standard InChI is InChI=1S/C24H21FN4OS/c1-16-7-6-10-21(17(16)2)26-22(30)15-31-24-28-27-23(18-8-4-3-5-9-18)29(24)20-13-11-19(25)12-14-20/h3-14H,15H2,1-2H3,(H,26,30). The molecule has 7 heteroatoms. The van der Waals surface area contributed by atoms with E-state index in [9.17, 15) is 9.18 Å². The minimum absolute atomic E-state index is 0.131. The Labute approximate surface area is 184 Å². The summed E-state index contributed by atoms with van der Waals surface area (Å²) in [6.07, 6.45) is 0. The van der Waals surface area contributed by atoms with E-state index < -0.39 is 0 Å². The first kappa shape index (κ1) is 20.8. The highest BCUT2D eigenvalue weighted by Crippen LogP contribution is 2.28. The lowest BCUT2D eigenvalue weighted by Gasteiger charge is -2.12. The number of hydrogen-bond acceptors (Lipinski definition) is 4. The number of amides is 1. The third kappa shape index (κ3) is 4.67. The zero-order chi connectivity index (χ0) is 21.8. The number of rotatable bonds is 6. The van der Waals surface area contributed by atoms with E-state index in [4.69, 9.17) is 0 Å². The second-order valence-corrected chi connectivity index (χ2v) is 8.01. The van der Waals surface area contributed by atoms with Crippen molar-refractivity contribution in [3.8, 4) is 17.1 Å². The van der Waals surface area contributed by atoms with E-state index in [2.05, 4.69) is 15.5 Å². The molecule has 0 bridgehead atoms. The molecule has 0 radical (unpaired) electrons. The summed E-state index contributed by atoms with van der Waals surface area (Å²) >= 11 is 1.28. The number of nitrogens with zero attached hydrogens (tertiary/aromatic N) is 3. The van der Waals surface area contributed by atoms with Crippen molar-refractivity contribution in [3.63, 3.8) is 0 Å². The van der Waals surface area contributed by atoms with Gasteiger partial charge in [0, 0.05) is 16.9 Å². The van der Waals surface area contributed by atoms with E-state index in [1.807, 2.05) is 66.9 Å². The molecule has 4 rings (SSSR count). The number of thioether (sulfide) groups is 1. The van der Waals surface area contributed by atoms with Crippen LogP contribution >= 0.6 is 11.8 Å². The first-order valence-corrected chi connectivity index (χ1v) is 10.8. The molecule has 0 spiro atoms. The van der Waals surface area contributed by atoms with Gasteiger partial charge in [0.15, 0.2) is 11.0 Å². The van der Waals surface area contributed by atoms with Crippen LogP contribution < -0.4 is 5.32 Å². The summed E-state index contributed by atoms with van der Waals surface area (Å²) < 4.78 is 15.3. The molecular formula is C24H21FN4OS. The molecule has 0 aliphatic carbocycles. The van der Waals surface area contributed by atoms with Crippen molar-refractivity contribution in [1.29, 1.82) is 0 Å². The maximum absolute atomic E-state index is 13.5. The van der Waals surface area contributed by atoms with Crippen molar-refractivity contribution in [3.05, 3.63) is 89.7 Å². The average molecular weight is 433 g/mol. The van der Waals surface area contributed by atoms with Gasteiger partial charge in [-0.2, -0.15) is 0 Å². The van der Waals surface area contributed by atoms with E-state index in [1.54, 1.807) is 12.1 Å². The summed E-state index contributed by atoms with van der Waals surface area (Å²) in [5.41, 5.74) is 4.57. The lowest BCUT2D eigenvalue weighted by Crippen LogP contribution is -2.15. The highest BCUT2D eigenvalue weighted by Gasteiger charge is 2.17. The van der Waals surface area contributed by atoms with Gasteiger partial charge in [-0.25, -0.2) is 4.39 Å². The average Bonchev–Trinajstić information content (AvgIpc) is 3.21. The lowest BCUT2D eigenvalue weighted by molar-refractivity contribution is -0.113. The first-order chi connectivity index (χ1) is 15.0. The molecule has 1 heterocycles. The fourth-order valence-electron chi connectivity index (χ4n) is 3.16. The van der Waals surface area contributed by atoms with Crippen LogP contribution in [0.4, 0.5) is 10.1 Å². The molecule has 1 N–H and O–H groups in total. The number of carbonyl (C=O) groups is 1. The van der Waals surface area contributed by atoms with Crippen molar-refractivity contribution in [2.24, 2.45) is 0 Å². The van der Waals surface area contributed by atoms with E-state index in [1.165, 1.54) is 23.9 Å². The van der Waals surface area contributed by atoms with Crippen LogP contribution in [0.5, 0.6) is 0 Å². The van der Waals surface area contributed by atoms with Crippen LogP contribution in [0, 0.1) is 19.7 Å². The second-order valence-electron chi connectivity index (χ2n) is 7.07. The maximum atomic E-state index is 13.5. The minimum atomic E-state index is -0.319. The Hall–Kier alpha value is -3.45. The van der Waals surface area contributed by atoms with E-state index in [0.29, 0.717) is 11.0 Å². The van der Waals surface area contributed by atoms with Crippen molar-refractivity contribution < 1.29 is 9.18 Å². The van der Waals surface area contributed by atoms with Crippen LogP contribution in [0.3, 0.4) is 0 Å². The highest BCUT2D eigenvalue weighted by atomic mass is 32.2. The number of carbonyl (C=O) groups excluding carboxylic acids is 1. The second kappa shape index (κ2) is 9.14. The Bertz CT molecular complexity index is 1210. The molecule has 0 aliphatic rings. The third-order valence-corrected chi connectivity index (χ3v) is 5.89. The molecule has 0 aliphatic heterocycles. The predicted octanol–water partition coefficient (Wildman–Crippen LogP) is 5.42. The Morgan fingerprint density at radius 2 is 1.71 bits per heavy atom. The van der Waals surface area contributed by atoms with Gasteiger partial charge < -0.3 is 5.32 Å². The summed E-state index contributed by atoms with van der Waals surface area (Å²) in [5, 5.41) is 12.2. The zero-order valence-corrected chi connectivity index (χ0v) is 18.0. The van der Waals surface area contributed by atoms with Gasteiger partial charge in [0.1, 0.15) is 5.82 Å². The molecule has 5 nitrogen and oxygen atoms in total. The molecule has 0 atom stereocenters. The number of nitrogens with one attached hydrogen (secondary N) is 1.